The second kappa shape index (κ2) is 7.65. The molecule has 1 aromatic carbocycles. The van der Waals surface area contributed by atoms with Gasteiger partial charge in [-0.1, -0.05) is 50.6 Å². The number of carbonyl (C=O) groups excluding carboxylic acids is 1. The maximum atomic E-state index is 11.9. The number of nitrogens with two attached hydrogens (primary N) is 1. The minimum atomic E-state index is -0.159. The van der Waals surface area contributed by atoms with E-state index in [1.807, 2.05) is 13.8 Å². The highest BCUT2D eigenvalue weighted by Gasteiger charge is 2.23. The lowest BCUT2D eigenvalue weighted by molar-refractivity contribution is -0.125. The van der Waals surface area contributed by atoms with Crippen molar-refractivity contribution >= 4 is 18.3 Å². The molecule has 2 atom stereocenters. The number of rotatable bonds is 5. The van der Waals surface area contributed by atoms with Crippen molar-refractivity contribution in [3.63, 3.8) is 0 Å². The van der Waals surface area contributed by atoms with Crippen molar-refractivity contribution in [3.05, 3.63) is 35.4 Å². The van der Waals surface area contributed by atoms with Gasteiger partial charge >= 0.3 is 0 Å². The van der Waals surface area contributed by atoms with Crippen LogP contribution in [-0.4, -0.2) is 18.5 Å². The summed E-state index contributed by atoms with van der Waals surface area (Å²) >= 11 is 0. The molecule has 0 aliphatic carbocycles. The average Bonchev–Trinajstić information content (AvgIpc) is 2.35. The van der Waals surface area contributed by atoms with Crippen molar-refractivity contribution in [2.45, 2.75) is 46.1 Å². The summed E-state index contributed by atoms with van der Waals surface area (Å²) < 4.78 is 0. The van der Waals surface area contributed by atoms with Gasteiger partial charge in [0.1, 0.15) is 0 Å². The Bertz CT molecular complexity index is 444. The summed E-state index contributed by atoms with van der Waals surface area (Å²) in [6, 6.07) is 8.28. The average molecular weight is 299 g/mol. The number of amides is 1. The van der Waals surface area contributed by atoms with Crippen LogP contribution >= 0.6 is 12.4 Å². The quantitative estimate of drug-likeness (QED) is 0.878. The molecule has 0 spiro atoms. The first kappa shape index (κ1) is 18.9. The standard InChI is InChI=1S/C16H26N2O.ClH/c1-11-7-6-8-14(9-11)16(4,5)10-18-15(19)12(2)13(3)17;/h6-9,12-13H,10,17H2,1-5H3,(H,18,19);1H. The molecule has 0 bridgehead atoms. The summed E-state index contributed by atoms with van der Waals surface area (Å²) in [7, 11) is 0. The molecule has 0 aliphatic rings. The summed E-state index contributed by atoms with van der Waals surface area (Å²) in [6.45, 7) is 10.7. The van der Waals surface area contributed by atoms with Gasteiger partial charge in [0.2, 0.25) is 5.91 Å². The van der Waals surface area contributed by atoms with Crippen molar-refractivity contribution < 1.29 is 4.79 Å². The Morgan fingerprint density at radius 3 is 2.45 bits per heavy atom. The third-order valence-electron chi connectivity index (χ3n) is 3.71. The molecule has 0 fully saturated rings. The van der Waals surface area contributed by atoms with E-state index in [2.05, 4.69) is 50.4 Å². The first-order chi connectivity index (χ1) is 8.74. The normalized spacial score (nSPS) is 14.1. The summed E-state index contributed by atoms with van der Waals surface area (Å²) in [4.78, 5) is 11.9. The third-order valence-corrected chi connectivity index (χ3v) is 3.71. The van der Waals surface area contributed by atoms with Crippen LogP contribution in [0, 0.1) is 12.8 Å². The minimum Gasteiger partial charge on any atom is -0.355 e. The zero-order valence-electron chi connectivity index (χ0n) is 13.1. The highest BCUT2D eigenvalue weighted by Crippen LogP contribution is 2.23. The monoisotopic (exact) mass is 298 g/mol. The molecule has 3 N–H and O–H groups in total. The number of aryl methyl sites for hydroxylation is 1. The van der Waals surface area contributed by atoms with Crippen LogP contribution in [0.2, 0.25) is 0 Å². The molecule has 3 nitrogen and oxygen atoms in total. The van der Waals surface area contributed by atoms with E-state index in [9.17, 15) is 4.79 Å². The van der Waals surface area contributed by atoms with Gasteiger partial charge in [-0.25, -0.2) is 0 Å². The van der Waals surface area contributed by atoms with Crippen LogP contribution in [0.25, 0.3) is 0 Å². The Balaban J connectivity index is 0.00000361. The molecule has 20 heavy (non-hydrogen) atoms. The Morgan fingerprint density at radius 1 is 1.35 bits per heavy atom. The van der Waals surface area contributed by atoms with E-state index in [1.54, 1.807) is 0 Å². The van der Waals surface area contributed by atoms with Crippen LogP contribution in [0.4, 0.5) is 0 Å². The number of halogens is 1. The Morgan fingerprint density at radius 2 is 1.95 bits per heavy atom. The lowest BCUT2D eigenvalue weighted by Crippen LogP contribution is -2.43. The fraction of sp³-hybridized carbons (Fsp3) is 0.562. The Labute approximate surface area is 128 Å². The van der Waals surface area contributed by atoms with E-state index >= 15 is 0 Å². The molecule has 0 radical (unpaired) electrons. The van der Waals surface area contributed by atoms with Gasteiger partial charge in [0.15, 0.2) is 0 Å². The minimum absolute atomic E-state index is 0. The molecule has 1 aromatic rings. The summed E-state index contributed by atoms with van der Waals surface area (Å²) in [5.74, 6) is -0.135. The van der Waals surface area contributed by atoms with Gasteiger partial charge in [0, 0.05) is 23.9 Å². The smallest absolute Gasteiger partial charge is 0.224 e. The molecule has 4 heteroatoms. The number of nitrogens with one attached hydrogen (secondary N) is 1. The maximum Gasteiger partial charge on any atom is 0.224 e. The van der Waals surface area contributed by atoms with E-state index in [1.165, 1.54) is 11.1 Å². The largest absolute Gasteiger partial charge is 0.355 e. The molecule has 114 valence electrons. The number of hydrogen-bond donors (Lipinski definition) is 2. The highest BCUT2D eigenvalue weighted by atomic mass is 35.5. The zero-order valence-corrected chi connectivity index (χ0v) is 13.9. The molecule has 0 saturated carbocycles. The molecule has 2 unspecified atom stereocenters. The van der Waals surface area contributed by atoms with E-state index in [0.29, 0.717) is 6.54 Å². The third kappa shape index (κ3) is 5.14. The molecular weight excluding hydrogens is 272 g/mol. The van der Waals surface area contributed by atoms with Crippen LogP contribution in [0.5, 0.6) is 0 Å². The van der Waals surface area contributed by atoms with Gasteiger partial charge < -0.3 is 11.1 Å². The van der Waals surface area contributed by atoms with Gasteiger partial charge in [0.05, 0.1) is 0 Å². The van der Waals surface area contributed by atoms with E-state index in [-0.39, 0.29) is 35.7 Å². The molecule has 0 aromatic heterocycles. The number of hydrogen-bond acceptors (Lipinski definition) is 2. The summed E-state index contributed by atoms with van der Waals surface area (Å²) in [5.41, 5.74) is 8.14. The lowest BCUT2D eigenvalue weighted by atomic mass is 9.83. The molecule has 0 aliphatic heterocycles. The van der Waals surface area contributed by atoms with Crippen LogP contribution in [0.3, 0.4) is 0 Å². The van der Waals surface area contributed by atoms with Crippen molar-refractivity contribution in [2.24, 2.45) is 11.7 Å². The highest BCUT2D eigenvalue weighted by molar-refractivity contribution is 5.85. The number of benzene rings is 1. The van der Waals surface area contributed by atoms with Crippen molar-refractivity contribution in [2.75, 3.05) is 6.54 Å². The second-order valence-electron chi connectivity index (χ2n) is 6.12. The zero-order chi connectivity index (χ0) is 14.6. The van der Waals surface area contributed by atoms with Crippen LogP contribution in [-0.2, 0) is 10.2 Å². The summed E-state index contributed by atoms with van der Waals surface area (Å²) in [5, 5.41) is 3.00. The predicted octanol–water partition coefficient (Wildman–Crippen LogP) is 2.79. The Hall–Kier alpha value is -1.06. The van der Waals surface area contributed by atoms with E-state index < -0.39 is 0 Å². The van der Waals surface area contributed by atoms with Crippen molar-refractivity contribution in [1.82, 2.24) is 5.32 Å². The molecule has 1 rings (SSSR count). The van der Waals surface area contributed by atoms with Gasteiger partial charge in [-0.3, -0.25) is 4.79 Å². The van der Waals surface area contributed by atoms with Crippen LogP contribution in [0.1, 0.15) is 38.8 Å². The van der Waals surface area contributed by atoms with E-state index in [4.69, 9.17) is 5.73 Å². The fourth-order valence-corrected chi connectivity index (χ4v) is 1.88. The van der Waals surface area contributed by atoms with Crippen molar-refractivity contribution in [1.29, 1.82) is 0 Å². The molecular formula is C16H27ClN2O. The second-order valence-corrected chi connectivity index (χ2v) is 6.12. The molecule has 0 saturated heterocycles. The fourth-order valence-electron chi connectivity index (χ4n) is 1.88. The summed E-state index contributed by atoms with van der Waals surface area (Å²) in [6.07, 6.45) is 0. The molecule has 1 amide bonds. The Kier molecular flexibility index (Phi) is 7.25. The van der Waals surface area contributed by atoms with Crippen molar-refractivity contribution in [3.8, 4) is 0 Å². The first-order valence-corrected chi connectivity index (χ1v) is 6.84. The lowest BCUT2D eigenvalue weighted by Gasteiger charge is -2.27. The van der Waals surface area contributed by atoms with Crippen LogP contribution in [0.15, 0.2) is 24.3 Å². The first-order valence-electron chi connectivity index (χ1n) is 6.84. The van der Waals surface area contributed by atoms with E-state index in [0.717, 1.165) is 0 Å². The van der Waals surface area contributed by atoms with Gasteiger partial charge in [-0.2, -0.15) is 0 Å². The topological polar surface area (TPSA) is 55.1 Å². The SMILES string of the molecule is Cc1cccc(C(C)(C)CNC(=O)C(C)C(C)N)c1.Cl. The van der Waals surface area contributed by atoms with Gasteiger partial charge in [-0.05, 0) is 19.4 Å². The number of carbonyl (C=O) groups is 1. The van der Waals surface area contributed by atoms with Gasteiger partial charge in [-0.15, -0.1) is 12.4 Å². The predicted molar refractivity (Wildman–Crippen MR) is 87.3 cm³/mol. The molecule has 0 heterocycles. The van der Waals surface area contributed by atoms with Crippen LogP contribution < -0.4 is 11.1 Å². The maximum absolute atomic E-state index is 11.9. The van der Waals surface area contributed by atoms with Gasteiger partial charge in [0.25, 0.3) is 0 Å².